The molecule has 0 aliphatic heterocycles. The van der Waals surface area contributed by atoms with Crippen LogP contribution in [-0.2, 0) is 63.2 Å². The molecule has 0 fully saturated rings. The Kier molecular flexibility index (Phi) is 18.2. The minimum absolute atomic E-state index is 0.0530. The number of fused-ring (bicyclic) bond motifs is 16. The number of allylic oxidation sites excluding steroid dienone is 10. The monoisotopic (exact) mass is 1700 g/mol. The summed E-state index contributed by atoms with van der Waals surface area (Å²) in [6.07, 6.45) is 33.0. The number of rotatable bonds is 10. The molecule has 0 unspecified atom stereocenters. The van der Waals surface area contributed by atoms with Gasteiger partial charge in [-0.1, -0.05) is 408 Å². The number of benzene rings is 19. The van der Waals surface area contributed by atoms with Gasteiger partial charge >= 0.3 is 0 Å². The Hall–Kier alpha value is -15.9. The fourth-order valence-corrected chi connectivity index (χ4v) is 24.6. The van der Waals surface area contributed by atoms with Crippen molar-refractivity contribution in [3.05, 3.63) is 531 Å². The third-order valence-electron chi connectivity index (χ3n) is 31.0. The first-order chi connectivity index (χ1) is 66.1. The van der Waals surface area contributed by atoms with Gasteiger partial charge in [0.25, 0.3) is 0 Å². The summed E-state index contributed by atoms with van der Waals surface area (Å²) in [5, 5.41) is 16.3. The first kappa shape index (κ1) is 78.0. The normalized spacial score (nSPS) is 15.5. The van der Waals surface area contributed by atoms with Crippen molar-refractivity contribution in [3.63, 3.8) is 0 Å². The van der Waals surface area contributed by atoms with Crippen LogP contribution in [-0.4, -0.2) is 0 Å². The van der Waals surface area contributed by atoms with Crippen molar-refractivity contribution in [2.45, 2.75) is 77.0 Å². The van der Waals surface area contributed by atoms with Gasteiger partial charge in [0.15, 0.2) is 0 Å². The maximum Gasteiger partial charge on any atom is 0.0158 e. The van der Waals surface area contributed by atoms with Gasteiger partial charge in [-0.05, 0) is 375 Å². The van der Waals surface area contributed by atoms with Crippen LogP contribution in [0.4, 0.5) is 0 Å². The predicted molar refractivity (Wildman–Crippen MR) is 574 cm³/mol. The van der Waals surface area contributed by atoms with Crippen molar-refractivity contribution >= 4 is 181 Å². The Labute approximate surface area is 783 Å². The van der Waals surface area contributed by atoms with Gasteiger partial charge in [-0.15, -0.1) is 0 Å². The zero-order valence-electron chi connectivity index (χ0n) is 75.3. The van der Waals surface area contributed by atoms with Crippen LogP contribution in [0.5, 0.6) is 0 Å². The van der Waals surface area contributed by atoms with Gasteiger partial charge in [0, 0.05) is 5.41 Å². The number of hydrogen-bond donors (Lipinski definition) is 0. The Bertz CT molecular complexity index is 8570. The first-order valence-electron chi connectivity index (χ1n) is 48.0. The lowest BCUT2D eigenvalue weighted by molar-refractivity contribution is 0.704. The zero-order valence-corrected chi connectivity index (χ0v) is 75.3. The molecule has 0 atom stereocenters. The summed E-state index contributed by atoms with van der Waals surface area (Å²) in [6.45, 7) is 4.75. The van der Waals surface area contributed by atoms with E-state index in [2.05, 4.69) is 439 Å². The Morgan fingerprint density at radius 2 is 0.328 bits per heavy atom. The van der Waals surface area contributed by atoms with Crippen LogP contribution in [0.3, 0.4) is 0 Å². The molecule has 0 saturated carbocycles. The van der Waals surface area contributed by atoms with Crippen molar-refractivity contribution in [1.82, 2.24) is 0 Å². The van der Waals surface area contributed by atoms with E-state index in [4.69, 9.17) is 0 Å². The second kappa shape index (κ2) is 31.2. The summed E-state index contributed by atoms with van der Waals surface area (Å²) in [5.74, 6) is 0. The van der Waals surface area contributed by atoms with E-state index < -0.39 is 0 Å². The summed E-state index contributed by atoms with van der Waals surface area (Å²) >= 11 is 0. The van der Waals surface area contributed by atoms with Crippen molar-refractivity contribution in [1.29, 1.82) is 0 Å². The lowest BCUT2D eigenvalue weighted by atomic mass is 9.77. The molecule has 0 amide bonds. The summed E-state index contributed by atoms with van der Waals surface area (Å²) in [5.41, 5.74) is 55.3. The third kappa shape index (κ3) is 13.0. The highest BCUT2D eigenvalue weighted by molar-refractivity contribution is 6.24. The highest BCUT2D eigenvalue weighted by atomic mass is 14.4. The maximum atomic E-state index is 2.52. The molecule has 0 bridgehead atoms. The van der Waals surface area contributed by atoms with Crippen molar-refractivity contribution in [2.24, 2.45) is 0 Å². The molecule has 0 aromatic heterocycles. The minimum Gasteiger partial charge on any atom is -0.0619 e. The van der Waals surface area contributed by atoms with Crippen molar-refractivity contribution < 1.29 is 0 Å². The van der Waals surface area contributed by atoms with E-state index >= 15 is 0 Å². The molecule has 19 aromatic carbocycles. The molecule has 0 spiro atoms. The lowest BCUT2D eigenvalue weighted by Crippen LogP contribution is -2.16. The van der Waals surface area contributed by atoms with E-state index in [9.17, 15) is 0 Å². The lowest BCUT2D eigenvalue weighted by Gasteiger charge is -2.26. The standard InChI is InChI=1S/C50H34.C43H32.C41H28/c1-2-10-32-22-41(21-31(32)9-1)39-17-19-45-47(29-39)49(43-25-35-13-5-6-14-36(35)26-43)46-20-18-40(42-23-33-11-3-4-12-34(33)24-42)30-48(46)50(45)44-27-37-15-7-8-16-38(37)28-44;1-43(2)39-18-10-7-15-31(39)26-40(43)32-19-20-37-38(25-32)42(34-23-29-13-5-6-14-30(29)24-34)36-17-9-8-16-35(36)41(37)33-21-27-11-3-4-12-28(27)22-33;1-2-10-27-20-33(19-26(27)9-1)32-17-18-38-39(25-32)41(35-23-30-13-5-6-14-31(30)24-35)37-16-8-7-15-36(37)40(38)34-21-28-11-3-4-12-29(28)22-34/h1-21,23,25,27,29-30H,22,24,26,28H2;3-21,23,25-26H,22,24H2,1-2H3;1-19,21,23,25H,20,22,24H2. The van der Waals surface area contributed by atoms with Crippen LogP contribution in [0.15, 0.2) is 364 Å². The summed E-state index contributed by atoms with van der Waals surface area (Å²) < 4.78 is 0. The van der Waals surface area contributed by atoms with Crippen LogP contribution < -0.4 is 0 Å². The zero-order chi connectivity index (χ0) is 88.4. The van der Waals surface area contributed by atoms with Gasteiger partial charge in [0.05, 0.1) is 0 Å². The van der Waals surface area contributed by atoms with Crippen LogP contribution in [0.1, 0.15) is 181 Å². The van der Waals surface area contributed by atoms with Gasteiger partial charge < -0.3 is 0 Å². The second-order valence-corrected chi connectivity index (χ2v) is 39.1. The largest absolute Gasteiger partial charge is 0.0619 e. The van der Waals surface area contributed by atoms with E-state index in [1.165, 1.54) is 287 Å². The fraction of sp³-hybridized carbons (Fsp3) is 0.0896. The highest BCUT2D eigenvalue weighted by Crippen LogP contribution is 2.55. The quantitative estimate of drug-likeness (QED) is 0.120. The van der Waals surface area contributed by atoms with Gasteiger partial charge in [-0.2, -0.15) is 0 Å². The molecule has 0 saturated heterocycles. The van der Waals surface area contributed by atoms with E-state index in [1.54, 1.807) is 0 Å². The first-order valence-corrected chi connectivity index (χ1v) is 48.0. The van der Waals surface area contributed by atoms with E-state index in [1.807, 2.05) is 0 Å². The molecule has 134 heavy (non-hydrogen) atoms. The molecular weight excluding hydrogens is 1610 g/mol. The van der Waals surface area contributed by atoms with Gasteiger partial charge in [-0.25, -0.2) is 0 Å². The molecule has 0 heteroatoms. The van der Waals surface area contributed by atoms with Crippen LogP contribution in [0.2, 0.25) is 0 Å². The molecule has 10 aliphatic rings. The average molecular weight is 1700 g/mol. The molecule has 0 nitrogen and oxygen atoms in total. The summed E-state index contributed by atoms with van der Waals surface area (Å²) in [6, 6.07) is 136. The van der Waals surface area contributed by atoms with E-state index in [0.29, 0.717) is 0 Å². The number of hydrogen-bond acceptors (Lipinski definition) is 0. The molecule has 630 valence electrons. The van der Waals surface area contributed by atoms with Gasteiger partial charge in [-0.3, -0.25) is 0 Å². The maximum absolute atomic E-state index is 2.52. The fourth-order valence-electron chi connectivity index (χ4n) is 24.6. The summed E-state index contributed by atoms with van der Waals surface area (Å²) in [4.78, 5) is 0. The topological polar surface area (TPSA) is 0 Å². The van der Waals surface area contributed by atoms with E-state index in [0.717, 1.165) is 57.8 Å². The Morgan fingerprint density at radius 1 is 0.149 bits per heavy atom. The molecular formula is C134H94. The average Bonchev–Trinajstić information content (AvgIpc) is 1.41. The van der Waals surface area contributed by atoms with Gasteiger partial charge in [0.2, 0.25) is 0 Å². The van der Waals surface area contributed by atoms with E-state index in [-0.39, 0.29) is 5.41 Å². The molecule has 0 radical (unpaired) electrons. The van der Waals surface area contributed by atoms with Crippen LogP contribution in [0.25, 0.3) is 181 Å². The second-order valence-electron chi connectivity index (χ2n) is 39.1. The summed E-state index contributed by atoms with van der Waals surface area (Å²) in [7, 11) is 0. The van der Waals surface area contributed by atoms with Crippen LogP contribution in [0, 0.1) is 0 Å². The SMILES string of the molecule is C1=C(c2ccc3c(C4=Cc5ccccc5C4)c4cc(C5=Cc6ccccc6C5)ccc4c(C4=Cc5ccccc5C4)c3c2)Cc2ccccc21.C1=C(c2ccc3c(C4=Cc5ccccc5C4)c4ccccc4c(C4=Cc5ccccc5C4)c3c2)Cc2ccccc21.CC1(C)C(c2ccc3c(C4=Cc5ccccc5C4)c4ccccc4c(C4=Cc5ccccc5C4)c3c2)=Cc2ccccc21. The highest BCUT2D eigenvalue weighted by Gasteiger charge is 2.36. The molecule has 29 rings (SSSR count). The van der Waals surface area contributed by atoms with Crippen molar-refractivity contribution in [3.8, 4) is 0 Å². The molecule has 10 aliphatic carbocycles. The predicted octanol–water partition coefficient (Wildman–Crippen LogP) is 33.7. The molecule has 19 aromatic rings. The molecule has 0 heterocycles. The van der Waals surface area contributed by atoms with Gasteiger partial charge in [0.1, 0.15) is 0 Å². The van der Waals surface area contributed by atoms with Crippen molar-refractivity contribution in [2.75, 3.05) is 0 Å². The van der Waals surface area contributed by atoms with Crippen LogP contribution >= 0.6 is 0 Å². The minimum atomic E-state index is -0.0530. The Morgan fingerprint density at radius 3 is 0.567 bits per heavy atom. The smallest absolute Gasteiger partial charge is 0.0158 e. The Balaban J connectivity index is 0.000000103. The third-order valence-corrected chi connectivity index (χ3v) is 31.0. The molecule has 0 N–H and O–H groups in total.